The van der Waals surface area contributed by atoms with Crippen LogP contribution in [0.1, 0.15) is 18.4 Å². The highest BCUT2D eigenvalue weighted by Gasteiger charge is 2.31. The van der Waals surface area contributed by atoms with E-state index in [2.05, 4.69) is 0 Å². The van der Waals surface area contributed by atoms with Crippen LogP contribution in [-0.4, -0.2) is 20.2 Å². The van der Waals surface area contributed by atoms with Gasteiger partial charge in [-0.2, -0.15) is 0 Å². The Morgan fingerprint density at radius 3 is 2.46 bits per heavy atom. The molecule has 0 aliphatic heterocycles. The van der Waals surface area contributed by atoms with E-state index in [-0.39, 0.29) is 11.9 Å². The predicted molar refractivity (Wildman–Crippen MR) is 104 cm³/mol. The molecule has 0 amide bonds. The summed E-state index contributed by atoms with van der Waals surface area (Å²) in [4.78, 5) is 24.6. The molecule has 0 bridgehead atoms. The molecule has 6 heteroatoms. The van der Waals surface area contributed by atoms with E-state index in [0.29, 0.717) is 34.0 Å². The molecule has 3 aromatic rings. The van der Waals surface area contributed by atoms with Gasteiger partial charge < -0.3 is 18.6 Å². The van der Waals surface area contributed by atoms with Gasteiger partial charge in [-0.3, -0.25) is 4.79 Å². The first-order valence-corrected chi connectivity index (χ1v) is 9.03. The Labute approximate surface area is 161 Å². The minimum atomic E-state index is -0.470. The van der Waals surface area contributed by atoms with Crippen LogP contribution in [-0.2, 0) is 4.79 Å². The lowest BCUT2D eigenvalue weighted by molar-refractivity contribution is -0.135. The molecule has 0 unspecified atom stereocenters. The lowest BCUT2D eigenvalue weighted by Crippen LogP contribution is -2.10. The molecular formula is C22H20O6. The van der Waals surface area contributed by atoms with Crippen LogP contribution in [0.3, 0.4) is 0 Å². The number of fused-ring (bicyclic) bond motifs is 1. The molecule has 2 aromatic carbocycles. The number of carbonyl (C=O) groups excluding carboxylic acids is 1. The summed E-state index contributed by atoms with van der Waals surface area (Å²) in [5.41, 5.74) is 1.82. The maximum Gasteiger partial charge on any atom is 0.344 e. The van der Waals surface area contributed by atoms with Crippen molar-refractivity contribution in [1.29, 1.82) is 0 Å². The molecule has 0 N–H and O–H groups in total. The third-order valence-electron chi connectivity index (χ3n) is 4.94. The fourth-order valence-corrected chi connectivity index (χ4v) is 3.24. The number of methoxy groups -OCH3 is 2. The van der Waals surface area contributed by atoms with Crippen LogP contribution >= 0.6 is 0 Å². The molecule has 1 heterocycles. The van der Waals surface area contributed by atoms with Gasteiger partial charge in [-0.25, -0.2) is 4.79 Å². The van der Waals surface area contributed by atoms with Gasteiger partial charge in [0, 0.05) is 11.5 Å². The van der Waals surface area contributed by atoms with E-state index < -0.39 is 5.63 Å². The molecule has 1 saturated carbocycles. The molecule has 144 valence electrons. The van der Waals surface area contributed by atoms with Crippen LogP contribution in [0.5, 0.6) is 17.2 Å². The number of carbonyl (C=O) groups is 1. The number of aryl methyl sites for hydroxylation is 1. The summed E-state index contributed by atoms with van der Waals surface area (Å²) in [6.07, 6.45) is 1.74. The fourth-order valence-electron chi connectivity index (χ4n) is 3.24. The molecule has 0 spiro atoms. The Bertz CT molecular complexity index is 1120. The molecule has 1 fully saturated rings. The highest BCUT2D eigenvalue weighted by atomic mass is 16.5. The molecule has 4 rings (SSSR count). The molecule has 1 aliphatic carbocycles. The van der Waals surface area contributed by atoms with Crippen LogP contribution in [0.15, 0.2) is 45.6 Å². The first-order chi connectivity index (χ1) is 13.5. The van der Waals surface area contributed by atoms with Crippen molar-refractivity contribution < 1.29 is 23.4 Å². The lowest BCUT2D eigenvalue weighted by Gasteiger charge is -2.12. The molecular weight excluding hydrogens is 360 g/mol. The third-order valence-corrected chi connectivity index (χ3v) is 4.94. The number of benzene rings is 2. The summed E-state index contributed by atoms with van der Waals surface area (Å²) in [6, 6.07) is 10.4. The van der Waals surface area contributed by atoms with Crippen molar-refractivity contribution in [2.45, 2.75) is 19.8 Å². The van der Waals surface area contributed by atoms with Gasteiger partial charge in [0.15, 0.2) is 11.5 Å². The molecule has 1 aromatic heterocycles. The van der Waals surface area contributed by atoms with Crippen molar-refractivity contribution in [1.82, 2.24) is 0 Å². The predicted octanol–water partition coefficient (Wildman–Crippen LogP) is 4.10. The van der Waals surface area contributed by atoms with Gasteiger partial charge in [0.25, 0.3) is 0 Å². The lowest BCUT2D eigenvalue weighted by atomic mass is 9.99. The zero-order chi connectivity index (χ0) is 19.8. The summed E-state index contributed by atoms with van der Waals surface area (Å²) < 4.78 is 21.5. The maximum absolute atomic E-state index is 12.7. The second-order valence-electron chi connectivity index (χ2n) is 6.81. The van der Waals surface area contributed by atoms with Crippen molar-refractivity contribution >= 4 is 16.9 Å². The Morgan fingerprint density at radius 2 is 1.79 bits per heavy atom. The van der Waals surface area contributed by atoms with E-state index in [0.717, 1.165) is 23.8 Å². The van der Waals surface area contributed by atoms with Crippen LogP contribution in [0.2, 0.25) is 0 Å². The number of esters is 1. The topological polar surface area (TPSA) is 75.0 Å². The molecule has 1 aliphatic rings. The highest BCUT2D eigenvalue weighted by molar-refractivity contribution is 5.88. The molecule has 0 radical (unpaired) electrons. The van der Waals surface area contributed by atoms with E-state index in [1.54, 1.807) is 50.6 Å². The van der Waals surface area contributed by atoms with E-state index in [9.17, 15) is 9.59 Å². The number of hydrogen-bond donors (Lipinski definition) is 0. The minimum absolute atomic E-state index is 0.00290. The van der Waals surface area contributed by atoms with Gasteiger partial charge >= 0.3 is 11.6 Å². The average Bonchev–Trinajstić information content (AvgIpc) is 3.53. The molecule has 6 nitrogen and oxygen atoms in total. The van der Waals surface area contributed by atoms with Crippen molar-refractivity contribution in [2.24, 2.45) is 5.92 Å². The number of ether oxygens (including phenoxy) is 3. The van der Waals surface area contributed by atoms with Gasteiger partial charge in [-0.05, 0) is 55.2 Å². The zero-order valence-corrected chi connectivity index (χ0v) is 15.9. The van der Waals surface area contributed by atoms with Crippen molar-refractivity contribution in [3.63, 3.8) is 0 Å². The van der Waals surface area contributed by atoms with E-state index in [1.165, 1.54) is 0 Å². The van der Waals surface area contributed by atoms with Crippen LogP contribution in [0.4, 0.5) is 0 Å². The standard InChI is InChI=1S/C22H20O6/c1-12-16-8-7-15(27-21(23)13-4-5-13)11-18(16)28-22(24)20(12)14-6-9-17(25-2)19(10-14)26-3/h6-11,13H,4-5H2,1-3H3. The van der Waals surface area contributed by atoms with E-state index in [1.807, 2.05) is 6.92 Å². The Kier molecular flexibility index (Phi) is 4.55. The van der Waals surface area contributed by atoms with Crippen LogP contribution in [0, 0.1) is 12.8 Å². The maximum atomic E-state index is 12.7. The Balaban J connectivity index is 1.78. The quantitative estimate of drug-likeness (QED) is 0.377. The van der Waals surface area contributed by atoms with E-state index in [4.69, 9.17) is 18.6 Å². The fraction of sp³-hybridized carbons (Fsp3) is 0.273. The second kappa shape index (κ2) is 7.03. The summed E-state index contributed by atoms with van der Waals surface area (Å²) in [6.45, 7) is 1.86. The smallest absolute Gasteiger partial charge is 0.344 e. The highest BCUT2D eigenvalue weighted by Crippen LogP contribution is 2.35. The van der Waals surface area contributed by atoms with E-state index >= 15 is 0 Å². The number of rotatable bonds is 5. The zero-order valence-electron chi connectivity index (χ0n) is 15.9. The van der Waals surface area contributed by atoms with Crippen molar-refractivity contribution in [3.05, 3.63) is 52.4 Å². The van der Waals surface area contributed by atoms with Crippen LogP contribution in [0.25, 0.3) is 22.1 Å². The first-order valence-electron chi connectivity index (χ1n) is 9.03. The largest absolute Gasteiger partial charge is 0.493 e. The van der Waals surface area contributed by atoms with Gasteiger partial charge in [-0.1, -0.05) is 6.07 Å². The summed E-state index contributed by atoms with van der Waals surface area (Å²) >= 11 is 0. The third kappa shape index (κ3) is 3.22. The minimum Gasteiger partial charge on any atom is -0.493 e. The van der Waals surface area contributed by atoms with Gasteiger partial charge in [0.1, 0.15) is 11.3 Å². The Hall–Kier alpha value is -3.28. The SMILES string of the molecule is COc1ccc(-c2c(C)c3ccc(OC(=O)C4CC4)cc3oc2=O)cc1OC. The molecule has 0 atom stereocenters. The average molecular weight is 380 g/mol. The van der Waals surface area contributed by atoms with Gasteiger partial charge in [0.05, 0.1) is 25.7 Å². The molecule has 28 heavy (non-hydrogen) atoms. The normalized spacial score (nSPS) is 13.4. The van der Waals surface area contributed by atoms with Crippen LogP contribution < -0.4 is 19.8 Å². The Morgan fingerprint density at radius 1 is 1.04 bits per heavy atom. The summed E-state index contributed by atoms with van der Waals surface area (Å²) in [5, 5.41) is 0.774. The number of hydrogen-bond acceptors (Lipinski definition) is 6. The second-order valence-corrected chi connectivity index (χ2v) is 6.81. The molecule has 0 saturated heterocycles. The monoisotopic (exact) mass is 380 g/mol. The van der Waals surface area contributed by atoms with Crippen molar-refractivity contribution in [2.75, 3.05) is 14.2 Å². The van der Waals surface area contributed by atoms with Gasteiger partial charge in [-0.15, -0.1) is 0 Å². The summed E-state index contributed by atoms with van der Waals surface area (Å²) in [7, 11) is 3.10. The first kappa shape index (κ1) is 18.1. The van der Waals surface area contributed by atoms with Crippen molar-refractivity contribution in [3.8, 4) is 28.4 Å². The summed E-state index contributed by atoms with van der Waals surface area (Å²) in [5.74, 6) is 1.25. The van der Waals surface area contributed by atoms with Gasteiger partial charge in [0.2, 0.25) is 0 Å².